The molecule has 26 heavy (non-hydrogen) atoms. The summed E-state index contributed by atoms with van der Waals surface area (Å²) in [5, 5.41) is 2.78. The molecule has 0 bridgehead atoms. The molecule has 0 radical (unpaired) electrons. The molecule has 2 aromatic carbocycles. The molecular formula is C21H19NO3S. The van der Waals surface area contributed by atoms with Gasteiger partial charge in [0.2, 0.25) is 0 Å². The van der Waals surface area contributed by atoms with Crippen LogP contribution in [0.4, 0.5) is 0 Å². The Labute approximate surface area is 156 Å². The fourth-order valence-corrected chi connectivity index (χ4v) is 3.09. The number of nitrogens with zero attached hydrogens (tertiary/aromatic N) is 1. The van der Waals surface area contributed by atoms with Crippen LogP contribution < -0.4 is 4.74 Å². The van der Waals surface area contributed by atoms with Crippen LogP contribution in [-0.4, -0.2) is 18.1 Å². The summed E-state index contributed by atoms with van der Waals surface area (Å²) in [7, 11) is 1.64. The van der Waals surface area contributed by atoms with Gasteiger partial charge in [-0.15, -0.1) is 11.3 Å². The van der Waals surface area contributed by atoms with Crippen LogP contribution in [0.25, 0.3) is 16.6 Å². The van der Waals surface area contributed by atoms with Crippen molar-refractivity contribution in [3.63, 3.8) is 0 Å². The lowest BCUT2D eigenvalue weighted by atomic mass is 10.1. The normalized spacial score (nSPS) is 10.8. The topological polar surface area (TPSA) is 48.4 Å². The molecule has 0 spiro atoms. The molecule has 3 aromatic rings. The second kappa shape index (κ2) is 8.45. The van der Waals surface area contributed by atoms with E-state index in [4.69, 9.17) is 9.47 Å². The van der Waals surface area contributed by atoms with Crippen molar-refractivity contribution in [2.24, 2.45) is 0 Å². The number of carbonyl (C=O) groups is 1. The Balaban J connectivity index is 1.55. The van der Waals surface area contributed by atoms with E-state index in [-0.39, 0.29) is 12.6 Å². The van der Waals surface area contributed by atoms with E-state index in [0.717, 1.165) is 27.6 Å². The summed E-state index contributed by atoms with van der Waals surface area (Å²) in [5.41, 5.74) is 3.88. The number of carbonyl (C=O) groups excluding carboxylic acids is 1. The van der Waals surface area contributed by atoms with Gasteiger partial charge in [-0.1, -0.05) is 29.8 Å². The van der Waals surface area contributed by atoms with Crippen molar-refractivity contribution in [2.45, 2.75) is 13.5 Å². The third-order valence-corrected chi connectivity index (χ3v) is 4.68. The van der Waals surface area contributed by atoms with Crippen LogP contribution in [0.1, 0.15) is 16.8 Å². The van der Waals surface area contributed by atoms with Crippen molar-refractivity contribution in [2.75, 3.05) is 7.11 Å². The molecule has 0 aliphatic rings. The summed E-state index contributed by atoms with van der Waals surface area (Å²) in [5.74, 6) is 0.421. The number of methoxy groups -OCH3 is 1. The lowest BCUT2D eigenvalue weighted by molar-refractivity contribution is -0.139. The second-order valence-corrected chi connectivity index (χ2v) is 6.58. The molecule has 0 saturated heterocycles. The Kier molecular flexibility index (Phi) is 5.81. The molecule has 4 nitrogen and oxygen atoms in total. The third kappa shape index (κ3) is 4.80. The maximum absolute atomic E-state index is 11.9. The third-order valence-electron chi connectivity index (χ3n) is 3.74. The Bertz CT molecular complexity index is 896. The highest BCUT2D eigenvalue weighted by molar-refractivity contribution is 7.13. The number of aromatic nitrogens is 1. The Morgan fingerprint density at radius 1 is 1.12 bits per heavy atom. The average molecular weight is 365 g/mol. The number of aryl methyl sites for hydroxylation is 1. The van der Waals surface area contributed by atoms with Crippen LogP contribution in [0.15, 0.2) is 60.0 Å². The molecule has 132 valence electrons. The molecule has 0 atom stereocenters. The summed E-state index contributed by atoms with van der Waals surface area (Å²) in [6.45, 7) is 2.18. The maximum atomic E-state index is 11.9. The largest absolute Gasteiger partial charge is 0.497 e. The number of rotatable bonds is 6. The number of hydrogen-bond acceptors (Lipinski definition) is 5. The van der Waals surface area contributed by atoms with Crippen LogP contribution in [-0.2, 0) is 16.1 Å². The van der Waals surface area contributed by atoms with Gasteiger partial charge in [-0.3, -0.25) is 0 Å². The van der Waals surface area contributed by atoms with Gasteiger partial charge in [0, 0.05) is 17.0 Å². The fourth-order valence-electron chi connectivity index (χ4n) is 2.27. The van der Waals surface area contributed by atoms with Gasteiger partial charge in [0.25, 0.3) is 0 Å². The van der Waals surface area contributed by atoms with Gasteiger partial charge in [0.15, 0.2) is 0 Å². The number of thiazole rings is 1. The van der Waals surface area contributed by atoms with E-state index < -0.39 is 0 Å². The van der Waals surface area contributed by atoms with E-state index in [9.17, 15) is 4.79 Å². The molecule has 3 rings (SSSR count). The van der Waals surface area contributed by atoms with Crippen molar-refractivity contribution in [1.82, 2.24) is 4.98 Å². The predicted molar refractivity (Wildman–Crippen MR) is 104 cm³/mol. The number of ether oxygens (including phenoxy) is 2. The van der Waals surface area contributed by atoms with Crippen LogP contribution in [0.3, 0.4) is 0 Å². The quantitative estimate of drug-likeness (QED) is 0.461. The molecule has 0 fully saturated rings. The first-order valence-corrected chi connectivity index (χ1v) is 9.02. The maximum Gasteiger partial charge on any atom is 0.331 e. The smallest absolute Gasteiger partial charge is 0.331 e. The zero-order valence-electron chi connectivity index (χ0n) is 14.6. The van der Waals surface area contributed by atoms with Gasteiger partial charge < -0.3 is 9.47 Å². The summed E-state index contributed by atoms with van der Waals surface area (Å²) in [6, 6.07) is 15.6. The van der Waals surface area contributed by atoms with E-state index >= 15 is 0 Å². The van der Waals surface area contributed by atoms with Crippen LogP contribution >= 0.6 is 11.3 Å². The summed E-state index contributed by atoms with van der Waals surface area (Å²) >= 11 is 1.52. The second-order valence-electron chi connectivity index (χ2n) is 5.72. The number of esters is 1. The highest BCUT2D eigenvalue weighted by Gasteiger charge is 2.07. The first kappa shape index (κ1) is 17.9. The molecule has 0 aliphatic heterocycles. The van der Waals surface area contributed by atoms with Crippen molar-refractivity contribution in [3.8, 4) is 16.3 Å². The van der Waals surface area contributed by atoms with E-state index in [1.54, 1.807) is 13.2 Å². The van der Waals surface area contributed by atoms with E-state index in [1.807, 2.05) is 60.8 Å². The van der Waals surface area contributed by atoms with Gasteiger partial charge >= 0.3 is 5.97 Å². The van der Waals surface area contributed by atoms with Crippen LogP contribution in [0.2, 0.25) is 0 Å². The van der Waals surface area contributed by atoms with Crippen molar-refractivity contribution in [1.29, 1.82) is 0 Å². The average Bonchev–Trinajstić information content (AvgIpc) is 3.15. The van der Waals surface area contributed by atoms with Crippen molar-refractivity contribution < 1.29 is 14.3 Å². The highest BCUT2D eigenvalue weighted by atomic mass is 32.1. The molecular weight excluding hydrogens is 346 g/mol. The number of hydrogen-bond donors (Lipinski definition) is 0. The fraction of sp³-hybridized carbons (Fsp3) is 0.143. The van der Waals surface area contributed by atoms with E-state index in [1.165, 1.54) is 23.0 Å². The molecule has 0 saturated carbocycles. The van der Waals surface area contributed by atoms with Gasteiger partial charge in [-0.2, -0.15) is 0 Å². The van der Waals surface area contributed by atoms with Crippen LogP contribution in [0.5, 0.6) is 5.75 Å². The van der Waals surface area contributed by atoms with Gasteiger partial charge in [0.05, 0.1) is 12.8 Å². The van der Waals surface area contributed by atoms with E-state index in [0.29, 0.717) is 0 Å². The minimum Gasteiger partial charge on any atom is -0.497 e. The zero-order valence-corrected chi connectivity index (χ0v) is 15.5. The molecule has 1 heterocycles. The first-order chi connectivity index (χ1) is 12.6. The lowest BCUT2D eigenvalue weighted by Crippen LogP contribution is -2.00. The van der Waals surface area contributed by atoms with E-state index in [2.05, 4.69) is 4.98 Å². The molecule has 0 unspecified atom stereocenters. The molecule has 0 aliphatic carbocycles. The summed E-state index contributed by atoms with van der Waals surface area (Å²) in [4.78, 5) is 16.4. The molecule has 0 N–H and O–H groups in total. The number of benzene rings is 2. The summed E-state index contributed by atoms with van der Waals surface area (Å²) < 4.78 is 10.4. The monoisotopic (exact) mass is 365 g/mol. The molecule has 5 heteroatoms. The first-order valence-electron chi connectivity index (χ1n) is 8.14. The Hall–Kier alpha value is -2.92. The molecule has 0 amide bonds. The summed E-state index contributed by atoms with van der Waals surface area (Å²) in [6.07, 6.45) is 3.17. The lowest BCUT2D eigenvalue weighted by Gasteiger charge is -2.01. The minimum absolute atomic E-state index is 0.156. The molecule has 1 aromatic heterocycles. The zero-order chi connectivity index (χ0) is 18.4. The van der Waals surface area contributed by atoms with Gasteiger partial charge in [-0.05, 0) is 42.8 Å². The standard InChI is InChI=1S/C21H19NO3S/c1-15-3-5-16(6-4-15)7-12-20(23)25-13-18-14-26-21(22-18)17-8-10-19(24-2)11-9-17/h3-12,14H,13H2,1-2H3/b12-7+. The van der Waals surface area contributed by atoms with Crippen molar-refractivity contribution in [3.05, 3.63) is 76.8 Å². The van der Waals surface area contributed by atoms with Crippen molar-refractivity contribution >= 4 is 23.4 Å². The van der Waals surface area contributed by atoms with Gasteiger partial charge in [-0.25, -0.2) is 9.78 Å². The van der Waals surface area contributed by atoms with Crippen LogP contribution in [0, 0.1) is 6.92 Å². The highest BCUT2D eigenvalue weighted by Crippen LogP contribution is 2.25. The minimum atomic E-state index is -0.385. The Morgan fingerprint density at radius 2 is 1.85 bits per heavy atom. The SMILES string of the molecule is COc1ccc(-c2nc(COC(=O)/C=C/c3ccc(C)cc3)cs2)cc1. The predicted octanol–water partition coefficient (Wildman–Crippen LogP) is 4.88. The van der Waals surface area contributed by atoms with Gasteiger partial charge in [0.1, 0.15) is 17.4 Å². The Morgan fingerprint density at radius 3 is 2.54 bits per heavy atom.